The molecule has 1 aromatic heterocycles. The number of ether oxygens (including phenoxy) is 1. The summed E-state index contributed by atoms with van der Waals surface area (Å²) >= 11 is 0. The van der Waals surface area contributed by atoms with Gasteiger partial charge in [0.05, 0.1) is 13.3 Å². The Hall–Kier alpha value is -2.47. The van der Waals surface area contributed by atoms with Gasteiger partial charge in [0.15, 0.2) is 0 Å². The lowest BCUT2D eigenvalue weighted by atomic mass is 9.90. The van der Waals surface area contributed by atoms with Crippen LogP contribution in [0.3, 0.4) is 0 Å². The van der Waals surface area contributed by atoms with Crippen molar-refractivity contribution in [3.8, 4) is 0 Å². The summed E-state index contributed by atoms with van der Waals surface area (Å²) in [7, 11) is 1.35. The third-order valence-corrected chi connectivity index (χ3v) is 4.68. The van der Waals surface area contributed by atoms with Crippen LogP contribution in [-0.4, -0.2) is 47.0 Å². The number of aromatic nitrogens is 2. The maximum Gasteiger partial charge on any atom is 0.356 e. The minimum atomic E-state index is -0.416. The molecule has 2 heterocycles. The number of carbonyl (C=O) groups is 2. The topological polar surface area (TPSA) is 75.3 Å². The number of piperidine rings is 1. The lowest BCUT2D eigenvalue weighted by Crippen LogP contribution is -2.39. The summed E-state index contributed by atoms with van der Waals surface area (Å²) in [5, 5.41) is 6.64. The van der Waals surface area contributed by atoms with Crippen LogP contribution in [0.5, 0.6) is 0 Å². The van der Waals surface area contributed by atoms with Crippen molar-refractivity contribution in [2.75, 3.05) is 20.2 Å². The number of aromatic amines is 1. The minimum absolute atomic E-state index is 0.0439. The molecule has 1 saturated heterocycles. The van der Waals surface area contributed by atoms with Gasteiger partial charge in [0.25, 0.3) is 0 Å². The van der Waals surface area contributed by atoms with Crippen molar-refractivity contribution in [1.82, 2.24) is 15.1 Å². The average molecular weight is 341 g/mol. The van der Waals surface area contributed by atoms with Crippen molar-refractivity contribution >= 4 is 11.8 Å². The lowest BCUT2D eigenvalue weighted by Gasteiger charge is -2.31. The van der Waals surface area contributed by atoms with Gasteiger partial charge >= 0.3 is 5.97 Å². The van der Waals surface area contributed by atoms with E-state index in [2.05, 4.69) is 15.1 Å². The molecule has 1 aliphatic rings. The first-order valence-corrected chi connectivity index (χ1v) is 8.57. The molecule has 0 aliphatic carbocycles. The fraction of sp³-hybridized carbons (Fsp3) is 0.421. The van der Waals surface area contributed by atoms with E-state index in [9.17, 15) is 9.59 Å². The number of H-pyrrole nitrogens is 1. The smallest absolute Gasteiger partial charge is 0.356 e. The van der Waals surface area contributed by atoms with Gasteiger partial charge in [-0.15, -0.1) is 0 Å². The molecule has 1 unspecified atom stereocenters. The summed E-state index contributed by atoms with van der Waals surface area (Å²) in [5.41, 5.74) is 2.26. The number of nitrogens with zero attached hydrogens (tertiary/aromatic N) is 2. The molecule has 6 nitrogen and oxygen atoms in total. The standard InChI is InChI=1S/C19H23N3O3/c1-25-19(24)18-16(11-20-21-18)13-22-9-5-8-15(12-22)17(23)10-14-6-3-2-4-7-14/h2-4,6-7,11,15H,5,8-10,12-13H2,1H3,(H,20,21). The number of esters is 1. The second-order valence-electron chi connectivity index (χ2n) is 6.46. The fourth-order valence-corrected chi connectivity index (χ4v) is 3.35. The molecule has 6 heteroatoms. The predicted octanol–water partition coefficient (Wildman–Crippen LogP) is 2.22. The second kappa shape index (κ2) is 8.07. The molecule has 0 radical (unpaired) electrons. The number of hydrogen-bond donors (Lipinski definition) is 1. The molecule has 25 heavy (non-hydrogen) atoms. The molecule has 1 N–H and O–H groups in total. The Labute approximate surface area is 147 Å². The van der Waals surface area contributed by atoms with Crippen LogP contribution < -0.4 is 0 Å². The van der Waals surface area contributed by atoms with Crippen molar-refractivity contribution in [2.45, 2.75) is 25.8 Å². The maximum absolute atomic E-state index is 12.6. The van der Waals surface area contributed by atoms with Crippen molar-refractivity contribution in [1.29, 1.82) is 0 Å². The predicted molar refractivity (Wildman–Crippen MR) is 93.1 cm³/mol. The van der Waals surface area contributed by atoms with Crippen LogP contribution in [0.1, 0.15) is 34.5 Å². The largest absolute Gasteiger partial charge is 0.464 e. The van der Waals surface area contributed by atoms with Gasteiger partial charge in [-0.3, -0.25) is 14.8 Å². The zero-order valence-corrected chi connectivity index (χ0v) is 14.4. The van der Waals surface area contributed by atoms with E-state index < -0.39 is 5.97 Å². The Bertz CT molecular complexity index is 727. The van der Waals surface area contributed by atoms with E-state index >= 15 is 0 Å². The number of nitrogens with one attached hydrogen (secondary N) is 1. The van der Waals surface area contributed by atoms with Gasteiger partial charge in [-0.05, 0) is 24.9 Å². The number of rotatable bonds is 6. The van der Waals surface area contributed by atoms with E-state index in [4.69, 9.17) is 4.74 Å². The Balaban J connectivity index is 1.61. The number of methoxy groups -OCH3 is 1. The van der Waals surface area contributed by atoms with Crippen molar-refractivity contribution < 1.29 is 14.3 Å². The van der Waals surface area contributed by atoms with Crippen molar-refractivity contribution in [3.63, 3.8) is 0 Å². The molecular weight excluding hydrogens is 318 g/mol. The maximum atomic E-state index is 12.6. The highest BCUT2D eigenvalue weighted by atomic mass is 16.5. The first-order chi connectivity index (χ1) is 12.2. The quantitative estimate of drug-likeness (QED) is 0.816. The molecule has 1 aromatic carbocycles. The van der Waals surface area contributed by atoms with Gasteiger partial charge < -0.3 is 4.74 Å². The molecule has 1 atom stereocenters. The average Bonchev–Trinajstić information content (AvgIpc) is 3.10. The van der Waals surface area contributed by atoms with Crippen LogP contribution in [0.15, 0.2) is 36.5 Å². The first-order valence-electron chi connectivity index (χ1n) is 8.57. The third kappa shape index (κ3) is 4.33. The minimum Gasteiger partial charge on any atom is -0.464 e. The molecule has 1 aliphatic heterocycles. The van der Waals surface area contributed by atoms with E-state index in [1.54, 1.807) is 6.20 Å². The Morgan fingerprint density at radius 1 is 1.32 bits per heavy atom. The van der Waals surface area contributed by atoms with Gasteiger partial charge in [-0.25, -0.2) is 4.79 Å². The molecule has 2 aromatic rings. The van der Waals surface area contributed by atoms with E-state index in [0.29, 0.717) is 18.7 Å². The Morgan fingerprint density at radius 3 is 2.88 bits per heavy atom. The molecule has 0 saturated carbocycles. The van der Waals surface area contributed by atoms with Gasteiger partial charge in [-0.1, -0.05) is 30.3 Å². The Kier molecular flexibility index (Phi) is 5.60. The fourth-order valence-electron chi connectivity index (χ4n) is 3.35. The van der Waals surface area contributed by atoms with Gasteiger partial charge in [0.1, 0.15) is 11.5 Å². The van der Waals surface area contributed by atoms with E-state index in [-0.39, 0.29) is 11.7 Å². The molecule has 1 fully saturated rings. The zero-order chi connectivity index (χ0) is 17.6. The normalized spacial score (nSPS) is 18.0. The highest BCUT2D eigenvalue weighted by Gasteiger charge is 2.27. The van der Waals surface area contributed by atoms with Crippen molar-refractivity contribution in [3.05, 3.63) is 53.3 Å². The summed E-state index contributed by atoms with van der Waals surface area (Å²) in [6.45, 7) is 2.23. The van der Waals surface area contributed by atoms with Gasteiger partial charge in [0.2, 0.25) is 0 Å². The van der Waals surface area contributed by atoms with Crippen molar-refractivity contribution in [2.24, 2.45) is 5.92 Å². The van der Waals surface area contributed by atoms with Gasteiger partial charge in [0, 0.05) is 31.0 Å². The first kappa shape index (κ1) is 17.4. The Morgan fingerprint density at radius 2 is 2.12 bits per heavy atom. The third-order valence-electron chi connectivity index (χ3n) is 4.68. The van der Waals surface area contributed by atoms with E-state index in [1.807, 2.05) is 30.3 Å². The lowest BCUT2D eigenvalue weighted by molar-refractivity contribution is -0.124. The number of carbonyl (C=O) groups excluding carboxylic acids is 2. The van der Waals surface area contributed by atoms with Crippen LogP contribution >= 0.6 is 0 Å². The molecular formula is C19H23N3O3. The number of ketones is 1. The van der Waals surface area contributed by atoms with Gasteiger partial charge in [-0.2, -0.15) is 5.10 Å². The van der Waals surface area contributed by atoms with E-state index in [0.717, 1.165) is 37.1 Å². The van der Waals surface area contributed by atoms with E-state index in [1.165, 1.54) is 7.11 Å². The van der Waals surface area contributed by atoms with Crippen LogP contribution in [0.2, 0.25) is 0 Å². The number of Topliss-reactive ketones (excluding diaryl/α,β-unsaturated/α-hetero) is 1. The highest BCUT2D eigenvalue weighted by molar-refractivity contribution is 5.88. The highest BCUT2D eigenvalue weighted by Crippen LogP contribution is 2.21. The molecule has 0 spiro atoms. The number of hydrogen-bond acceptors (Lipinski definition) is 5. The molecule has 0 bridgehead atoms. The number of likely N-dealkylation sites (tertiary alicyclic amines) is 1. The summed E-state index contributed by atoms with van der Waals surface area (Å²) in [5.74, 6) is -0.0834. The summed E-state index contributed by atoms with van der Waals surface area (Å²) in [4.78, 5) is 26.6. The summed E-state index contributed by atoms with van der Waals surface area (Å²) in [6.07, 6.45) is 4.05. The summed E-state index contributed by atoms with van der Waals surface area (Å²) in [6, 6.07) is 9.87. The SMILES string of the molecule is COC(=O)c1[nH]ncc1CN1CCCC(C(=O)Cc2ccccc2)C1. The summed E-state index contributed by atoms with van der Waals surface area (Å²) < 4.78 is 4.77. The molecule has 132 valence electrons. The molecule has 0 amide bonds. The van der Waals surface area contributed by atoms with Crippen LogP contribution in [0, 0.1) is 5.92 Å². The zero-order valence-electron chi connectivity index (χ0n) is 14.4. The molecule has 3 rings (SSSR count). The van der Waals surface area contributed by atoms with Crippen LogP contribution in [-0.2, 0) is 22.5 Å². The monoisotopic (exact) mass is 341 g/mol. The van der Waals surface area contributed by atoms with Crippen LogP contribution in [0.4, 0.5) is 0 Å². The second-order valence-corrected chi connectivity index (χ2v) is 6.46. The van der Waals surface area contributed by atoms with Crippen LogP contribution in [0.25, 0.3) is 0 Å². The number of benzene rings is 1.